The molecule has 1 fully saturated rings. The summed E-state index contributed by atoms with van der Waals surface area (Å²) in [4.78, 5) is 14.2. The molecule has 4 heteroatoms. The lowest BCUT2D eigenvalue weighted by Gasteiger charge is -2.34. The van der Waals surface area contributed by atoms with Crippen molar-refractivity contribution in [2.45, 2.75) is 25.6 Å². The Labute approximate surface area is 126 Å². The van der Waals surface area contributed by atoms with Crippen LogP contribution in [0.15, 0.2) is 43.0 Å². The molecule has 114 valence electrons. The average Bonchev–Trinajstić information content (AvgIpc) is 2.55. The third kappa shape index (κ3) is 4.41. The van der Waals surface area contributed by atoms with Crippen LogP contribution in [0, 0.1) is 0 Å². The Bertz CT molecular complexity index is 460. The van der Waals surface area contributed by atoms with Crippen molar-refractivity contribution in [1.29, 1.82) is 0 Å². The van der Waals surface area contributed by atoms with E-state index in [0.29, 0.717) is 26.3 Å². The van der Waals surface area contributed by atoms with Crippen molar-refractivity contribution in [1.82, 2.24) is 4.90 Å². The molecule has 0 spiro atoms. The highest BCUT2D eigenvalue weighted by molar-refractivity contribution is 5.80. The van der Waals surface area contributed by atoms with Crippen LogP contribution in [-0.4, -0.2) is 43.2 Å². The van der Waals surface area contributed by atoms with Crippen LogP contribution in [0.5, 0.6) is 0 Å². The van der Waals surface area contributed by atoms with E-state index >= 15 is 0 Å². The highest BCUT2D eigenvalue weighted by atomic mass is 16.5. The van der Waals surface area contributed by atoms with E-state index in [0.717, 1.165) is 12.0 Å². The summed E-state index contributed by atoms with van der Waals surface area (Å²) in [6.07, 6.45) is 2.08. The van der Waals surface area contributed by atoms with Crippen LogP contribution in [-0.2, 0) is 14.3 Å². The molecular formula is C17H23NO3. The first-order chi connectivity index (χ1) is 10.2. The highest BCUT2D eigenvalue weighted by Crippen LogP contribution is 2.22. The van der Waals surface area contributed by atoms with E-state index in [1.54, 1.807) is 13.0 Å². The molecule has 2 rings (SSSR count). The van der Waals surface area contributed by atoms with Crippen LogP contribution in [0.1, 0.15) is 25.0 Å². The minimum atomic E-state index is -0.417. The van der Waals surface area contributed by atoms with Gasteiger partial charge in [0.05, 0.1) is 19.8 Å². The molecule has 2 unspecified atom stereocenters. The van der Waals surface area contributed by atoms with E-state index in [4.69, 9.17) is 9.47 Å². The largest absolute Gasteiger partial charge is 0.370 e. The van der Waals surface area contributed by atoms with Crippen LogP contribution in [0.4, 0.5) is 0 Å². The number of carbonyl (C=O) groups excluding carboxylic acids is 1. The molecule has 1 saturated heterocycles. The van der Waals surface area contributed by atoms with Crippen molar-refractivity contribution in [2.24, 2.45) is 0 Å². The molecule has 0 saturated carbocycles. The highest BCUT2D eigenvalue weighted by Gasteiger charge is 2.28. The van der Waals surface area contributed by atoms with Crippen LogP contribution < -0.4 is 0 Å². The molecule has 1 aromatic rings. The summed E-state index contributed by atoms with van der Waals surface area (Å²) < 4.78 is 11.3. The fourth-order valence-electron chi connectivity index (χ4n) is 2.38. The number of ether oxygens (including phenoxy) is 2. The standard InChI is InChI=1S/C17H23NO3/c1-3-4-11-20-14(2)17(19)18-10-12-21-16(13-18)15-8-6-5-7-9-15/h3,5-9,14,16H,1,4,10-13H2,2H3. The van der Waals surface area contributed by atoms with Crippen molar-refractivity contribution in [2.75, 3.05) is 26.3 Å². The van der Waals surface area contributed by atoms with Gasteiger partial charge in [-0.15, -0.1) is 6.58 Å². The molecule has 0 radical (unpaired) electrons. The maximum Gasteiger partial charge on any atom is 0.251 e. The molecule has 0 N–H and O–H groups in total. The van der Waals surface area contributed by atoms with E-state index < -0.39 is 6.10 Å². The SMILES string of the molecule is C=CCCOC(C)C(=O)N1CCOC(c2ccccc2)C1. The molecule has 0 aromatic heterocycles. The predicted molar refractivity (Wildman–Crippen MR) is 81.9 cm³/mol. The summed E-state index contributed by atoms with van der Waals surface area (Å²) in [5.41, 5.74) is 1.11. The van der Waals surface area contributed by atoms with E-state index in [1.807, 2.05) is 35.2 Å². The minimum Gasteiger partial charge on any atom is -0.370 e. The lowest BCUT2D eigenvalue weighted by Crippen LogP contribution is -2.46. The second-order valence-corrected chi connectivity index (χ2v) is 5.14. The topological polar surface area (TPSA) is 38.8 Å². The maximum absolute atomic E-state index is 12.4. The zero-order valence-corrected chi connectivity index (χ0v) is 12.5. The number of hydrogen-bond donors (Lipinski definition) is 0. The van der Waals surface area contributed by atoms with Crippen LogP contribution in [0.25, 0.3) is 0 Å². The molecular weight excluding hydrogens is 266 g/mol. The van der Waals surface area contributed by atoms with Crippen molar-refractivity contribution >= 4 is 5.91 Å². The summed E-state index contributed by atoms with van der Waals surface area (Å²) in [5.74, 6) is 0.0308. The zero-order chi connectivity index (χ0) is 15.1. The molecule has 1 aromatic carbocycles. The number of rotatable bonds is 6. The van der Waals surface area contributed by atoms with Gasteiger partial charge in [0, 0.05) is 6.54 Å². The maximum atomic E-state index is 12.4. The Morgan fingerprint density at radius 1 is 1.52 bits per heavy atom. The minimum absolute atomic E-state index is 0.0308. The fraction of sp³-hybridized carbons (Fsp3) is 0.471. The van der Waals surface area contributed by atoms with E-state index in [2.05, 4.69) is 6.58 Å². The quantitative estimate of drug-likeness (QED) is 0.597. The van der Waals surface area contributed by atoms with Gasteiger partial charge in [-0.3, -0.25) is 4.79 Å². The van der Waals surface area contributed by atoms with Crippen molar-refractivity contribution in [3.63, 3.8) is 0 Å². The molecule has 21 heavy (non-hydrogen) atoms. The number of amides is 1. The van der Waals surface area contributed by atoms with Crippen LogP contribution in [0.2, 0.25) is 0 Å². The molecule has 1 aliphatic heterocycles. The van der Waals surface area contributed by atoms with Gasteiger partial charge in [-0.1, -0.05) is 36.4 Å². The third-order valence-corrected chi connectivity index (χ3v) is 3.59. The molecule has 1 heterocycles. The lowest BCUT2D eigenvalue weighted by atomic mass is 10.1. The van der Waals surface area contributed by atoms with Crippen molar-refractivity contribution < 1.29 is 14.3 Å². The monoisotopic (exact) mass is 289 g/mol. The Kier molecular flexibility index (Phi) is 5.96. The number of morpholine rings is 1. The Morgan fingerprint density at radius 3 is 3.00 bits per heavy atom. The van der Waals surface area contributed by atoms with Gasteiger partial charge in [-0.25, -0.2) is 0 Å². The smallest absolute Gasteiger partial charge is 0.251 e. The third-order valence-electron chi connectivity index (χ3n) is 3.59. The number of carbonyl (C=O) groups is 1. The van der Waals surface area contributed by atoms with Gasteiger partial charge in [0.2, 0.25) is 0 Å². The summed E-state index contributed by atoms with van der Waals surface area (Å²) in [7, 11) is 0. The molecule has 1 amide bonds. The van der Waals surface area contributed by atoms with Gasteiger partial charge in [-0.2, -0.15) is 0 Å². The van der Waals surface area contributed by atoms with E-state index in [1.165, 1.54) is 0 Å². The normalized spacial score (nSPS) is 20.0. The molecule has 1 aliphatic rings. The van der Waals surface area contributed by atoms with Gasteiger partial charge in [-0.05, 0) is 18.9 Å². The number of hydrogen-bond acceptors (Lipinski definition) is 3. The summed E-state index contributed by atoms with van der Waals surface area (Å²) in [6.45, 7) is 7.74. The van der Waals surface area contributed by atoms with Gasteiger partial charge in [0.1, 0.15) is 12.2 Å². The van der Waals surface area contributed by atoms with Gasteiger partial charge >= 0.3 is 0 Å². The van der Waals surface area contributed by atoms with Crippen molar-refractivity contribution in [3.8, 4) is 0 Å². The Morgan fingerprint density at radius 2 is 2.29 bits per heavy atom. The van der Waals surface area contributed by atoms with Gasteiger partial charge < -0.3 is 14.4 Å². The molecule has 0 bridgehead atoms. The van der Waals surface area contributed by atoms with Gasteiger partial charge in [0.15, 0.2) is 0 Å². The summed E-state index contributed by atoms with van der Waals surface area (Å²) in [5, 5.41) is 0. The van der Waals surface area contributed by atoms with Crippen LogP contribution in [0.3, 0.4) is 0 Å². The van der Waals surface area contributed by atoms with E-state index in [-0.39, 0.29) is 12.0 Å². The zero-order valence-electron chi connectivity index (χ0n) is 12.5. The van der Waals surface area contributed by atoms with E-state index in [9.17, 15) is 4.79 Å². The second-order valence-electron chi connectivity index (χ2n) is 5.14. The average molecular weight is 289 g/mol. The molecule has 0 aliphatic carbocycles. The first-order valence-corrected chi connectivity index (χ1v) is 7.40. The fourth-order valence-corrected chi connectivity index (χ4v) is 2.38. The van der Waals surface area contributed by atoms with Gasteiger partial charge in [0.25, 0.3) is 5.91 Å². The number of benzene rings is 1. The summed E-state index contributed by atoms with van der Waals surface area (Å²) in [6, 6.07) is 10.0. The van der Waals surface area contributed by atoms with Crippen LogP contribution >= 0.6 is 0 Å². The number of nitrogens with zero attached hydrogens (tertiary/aromatic N) is 1. The molecule has 2 atom stereocenters. The first kappa shape index (κ1) is 15.7. The predicted octanol–water partition coefficient (Wildman–Crippen LogP) is 2.57. The second kappa shape index (κ2) is 7.96. The first-order valence-electron chi connectivity index (χ1n) is 7.40. The Hall–Kier alpha value is -1.65. The lowest BCUT2D eigenvalue weighted by molar-refractivity contribution is -0.150. The summed E-state index contributed by atoms with van der Waals surface area (Å²) >= 11 is 0. The molecule has 4 nitrogen and oxygen atoms in total. The van der Waals surface area contributed by atoms with Crippen molar-refractivity contribution in [3.05, 3.63) is 48.6 Å². The Balaban J connectivity index is 1.91.